The number of nitrogen functional groups attached to an aromatic ring is 1. The molecular formula is C12H16N2. The first-order chi connectivity index (χ1) is 6.61. The van der Waals surface area contributed by atoms with Gasteiger partial charge in [-0.1, -0.05) is 43.9 Å². The molecule has 1 unspecified atom stereocenters. The molecule has 0 saturated carbocycles. The molecule has 0 amide bonds. The average molecular weight is 188 g/mol. The molecule has 0 aliphatic carbocycles. The fraction of sp³-hybridized carbons (Fsp3) is 0.167. The topological polar surface area (TPSA) is 52.0 Å². The van der Waals surface area contributed by atoms with E-state index < -0.39 is 0 Å². The molecule has 0 heterocycles. The van der Waals surface area contributed by atoms with Crippen molar-refractivity contribution in [1.29, 1.82) is 0 Å². The van der Waals surface area contributed by atoms with E-state index in [4.69, 9.17) is 11.5 Å². The van der Waals surface area contributed by atoms with Crippen molar-refractivity contribution in [3.63, 3.8) is 0 Å². The SMILES string of the molecule is C=C(N)C(C)/C=C\c1ccccc1N. The molecule has 0 aliphatic heterocycles. The second-order valence-electron chi connectivity index (χ2n) is 3.35. The Bertz CT molecular complexity index is 353. The van der Waals surface area contributed by atoms with E-state index in [9.17, 15) is 0 Å². The maximum Gasteiger partial charge on any atom is 0.0387 e. The lowest BCUT2D eigenvalue weighted by Crippen LogP contribution is -2.03. The van der Waals surface area contributed by atoms with E-state index in [1.165, 1.54) is 0 Å². The molecule has 4 N–H and O–H groups in total. The molecule has 1 aromatic rings. The number of para-hydroxylation sites is 1. The average Bonchev–Trinajstić information content (AvgIpc) is 2.16. The number of benzene rings is 1. The minimum absolute atomic E-state index is 0.176. The molecule has 0 radical (unpaired) electrons. The van der Waals surface area contributed by atoms with Gasteiger partial charge in [0.15, 0.2) is 0 Å². The summed E-state index contributed by atoms with van der Waals surface area (Å²) in [5.74, 6) is 0.176. The van der Waals surface area contributed by atoms with Gasteiger partial charge >= 0.3 is 0 Å². The molecule has 0 aliphatic rings. The fourth-order valence-electron chi connectivity index (χ4n) is 1.03. The van der Waals surface area contributed by atoms with Crippen molar-refractivity contribution < 1.29 is 0 Å². The molecule has 0 bridgehead atoms. The lowest BCUT2D eigenvalue weighted by Gasteiger charge is -2.04. The van der Waals surface area contributed by atoms with E-state index in [1.54, 1.807) is 0 Å². The Balaban J connectivity index is 2.78. The molecule has 0 aromatic heterocycles. The Morgan fingerprint density at radius 3 is 2.64 bits per heavy atom. The Hall–Kier alpha value is -1.70. The monoisotopic (exact) mass is 188 g/mol. The van der Waals surface area contributed by atoms with Crippen molar-refractivity contribution >= 4 is 11.8 Å². The van der Waals surface area contributed by atoms with Crippen LogP contribution in [-0.4, -0.2) is 0 Å². The zero-order valence-electron chi connectivity index (χ0n) is 8.40. The van der Waals surface area contributed by atoms with Crippen LogP contribution in [0.4, 0.5) is 5.69 Å². The molecular weight excluding hydrogens is 172 g/mol. The molecule has 2 heteroatoms. The summed E-state index contributed by atoms with van der Waals surface area (Å²) in [6.45, 7) is 5.68. The van der Waals surface area contributed by atoms with E-state index in [1.807, 2.05) is 43.3 Å². The van der Waals surface area contributed by atoms with Crippen LogP contribution in [0, 0.1) is 5.92 Å². The van der Waals surface area contributed by atoms with Gasteiger partial charge in [-0.25, -0.2) is 0 Å². The number of anilines is 1. The first-order valence-corrected chi connectivity index (χ1v) is 4.58. The molecule has 0 saturated heterocycles. The van der Waals surface area contributed by atoms with Crippen LogP contribution in [0.2, 0.25) is 0 Å². The van der Waals surface area contributed by atoms with Crippen molar-refractivity contribution in [2.45, 2.75) is 6.92 Å². The minimum Gasteiger partial charge on any atom is -0.402 e. The van der Waals surface area contributed by atoms with E-state index in [0.29, 0.717) is 5.70 Å². The van der Waals surface area contributed by atoms with Gasteiger partial charge in [0.25, 0.3) is 0 Å². The summed E-state index contributed by atoms with van der Waals surface area (Å²) in [5.41, 5.74) is 13.8. The van der Waals surface area contributed by atoms with E-state index in [2.05, 4.69) is 6.58 Å². The second kappa shape index (κ2) is 4.51. The maximum absolute atomic E-state index is 5.78. The molecule has 1 rings (SSSR count). The van der Waals surface area contributed by atoms with Gasteiger partial charge < -0.3 is 11.5 Å². The van der Waals surface area contributed by atoms with Crippen LogP contribution < -0.4 is 11.5 Å². The number of hydrogen-bond acceptors (Lipinski definition) is 2. The first-order valence-electron chi connectivity index (χ1n) is 4.58. The zero-order valence-corrected chi connectivity index (χ0v) is 8.40. The Labute approximate surface area is 84.9 Å². The van der Waals surface area contributed by atoms with Crippen LogP contribution in [-0.2, 0) is 0 Å². The summed E-state index contributed by atoms with van der Waals surface area (Å²) in [5, 5.41) is 0. The van der Waals surface area contributed by atoms with Crippen molar-refractivity contribution in [2.75, 3.05) is 5.73 Å². The van der Waals surface area contributed by atoms with Crippen LogP contribution in [0.15, 0.2) is 42.6 Å². The van der Waals surface area contributed by atoms with E-state index in [0.717, 1.165) is 11.3 Å². The normalized spacial score (nSPS) is 12.9. The fourth-order valence-corrected chi connectivity index (χ4v) is 1.03. The van der Waals surface area contributed by atoms with Gasteiger partial charge in [0, 0.05) is 17.3 Å². The van der Waals surface area contributed by atoms with E-state index >= 15 is 0 Å². The highest BCUT2D eigenvalue weighted by molar-refractivity contribution is 5.64. The summed E-state index contributed by atoms with van der Waals surface area (Å²) < 4.78 is 0. The van der Waals surface area contributed by atoms with Crippen LogP contribution in [0.1, 0.15) is 12.5 Å². The standard InChI is InChI=1S/C12H16N2/c1-9(10(2)13)7-8-11-5-3-4-6-12(11)14/h3-9H,2,13-14H2,1H3/b8-7-. The third-order valence-electron chi connectivity index (χ3n) is 2.15. The molecule has 0 fully saturated rings. The van der Waals surface area contributed by atoms with Gasteiger partial charge in [0.1, 0.15) is 0 Å². The third kappa shape index (κ3) is 2.66. The highest BCUT2D eigenvalue weighted by Crippen LogP contribution is 2.14. The highest BCUT2D eigenvalue weighted by atomic mass is 14.6. The maximum atomic E-state index is 5.78. The number of hydrogen-bond donors (Lipinski definition) is 2. The zero-order chi connectivity index (χ0) is 10.6. The molecule has 14 heavy (non-hydrogen) atoms. The van der Waals surface area contributed by atoms with Gasteiger partial charge in [-0.15, -0.1) is 0 Å². The molecule has 2 nitrogen and oxygen atoms in total. The van der Waals surface area contributed by atoms with Gasteiger partial charge in [0.2, 0.25) is 0 Å². The van der Waals surface area contributed by atoms with Crippen LogP contribution in [0.25, 0.3) is 6.08 Å². The van der Waals surface area contributed by atoms with E-state index in [-0.39, 0.29) is 5.92 Å². The van der Waals surface area contributed by atoms with Gasteiger partial charge in [-0.3, -0.25) is 0 Å². The summed E-state index contributed by atoms with van der Waals surface area (Å²) in [4.78, 5) is 0. The van der Waals surface area contributed by atoms with Crippen molar-refractivity contribution in [1.82, 2.24) is 0 Å². The lowest BCUT2D eigenvalue weighted by atomic mass is 10.1. The minimum atomic E-state index is 0.176. The van der Waals surface area contributed by atoms with Gasteiger partial charge in [-0.2, -0.15) is 0 Å². The first kappa shape index (κ1) is 10.4. The van der Waals surface area contributed by atoms with Gasteiger partial charge in [0.05, 0.1) is 0 Å². The number of nitrogens with two attached hydrogens (primary N) is 2. The number of allylic oxidation sites excluding steroid dienone is 1. The van der Waals surface area contributed by atoms with Crippen molar-refractivity contribution in [3.05, 3.63) is 48.2 Å². The Morgan fingerprint density at radius 1 is 1.43 bits per heavy atom. The predicted octanol–water partition coefficient (Wildman–Crippen LogP) is 2.39. The molecule has 0 spiro atoms. The van der Waals surface area contributed by atoms with Crippen LogP contribution >= 0.6 is 0 Å². The quantitative estimate of drug-likeness (QED) is 0.715. The van der Waals surface area contributed by atoms with Crippen molar-refractivity contribution in [3.8, 4) is 0 Å². The number of rotatable bonds is 3. The lowest BCUT2D eigenvalue weighted by molar-refractivity contribution is 0.856. The predicted molar refractivity (Wildman–Crippen MR) is 62.4 cm³/mol. The van der Waals surface area contributed by atoms with Crippen LogP contribution in [0.5, 0.6) is 0 Å². The molecule has 1 aromatic carbocycles. The Kier molecular flexibility index (Phi) is 3.35. The summed E-state index contributed by atoms with van der Waals surface area (Å²) in [6, 6.07) is 7.72. The summed E-state index contributed by atoms with van der Waals surface area (Å²) >= 11 is 0. The second-order valence-corrected chi connectivity index (χ2v) is 3.35. The van der Waals surface area contributed by atoms with Crippen LogP contribution in [0.3, 0.4) is 0 Å². The molecule has 1 atom stereocenters. The largest absolute Gasteiger partial charge is 0.402 e. The summed E-state index contributed by atoms with van der Waals surface area (Å²) in [6.07, 6.45) is 3.96. The molecule has 74 valence electrons. The smallest absolute Gasteiger partial charge is 0.0387 e. The Morgan fingerprint density at radius 2 is 2.07 bits per heavy atom. The summed E-state index contributed by atoms with van der Waals surface area (Å²) in [7, 11) is 0. The van der Waals surface area contributed by atoms with Gasteiger partial charge in [-0.05, 0) is 11.6 Å². The third-order valence-corrected chi connectivity index (χ3v) is 2.15. The van der Waals surface area contributed by atoms with Crippen molar-refractivity contribution in [2.24, 2.45) is 11.7 Å². The highest BCUT2D eigenvalue weighted by Gasteiger charge is 1.97.